The summed E-state index contributed by atoms with van der Waals surface area (Å²) in [6, 6.07) is 5.82. The molecule has 0 fully saturated rings. The van der Waals surface area contributed by atoms with Crippen molar-refractivity contribution in [1.82, 2.24) is 9.97 Å². The molecule has 1 aromatic carbocycles. The van der Waals surface area contributed by atoms with Gasteiger partial charge in [0.05, 0.1) is 18.5 Å². The Labute approximate surface area is 111 Å². The average molecular weight is 260 g/mol. The Hall–Kier alpha value is -2.30. The largest absolute Gasteiger partial charge is 0.494 e. The lowest BCUT2D eigenvalue weighted by atomic mass is 10.1. The second kappa shape index (κ2) is 5.56. The minimum absolute atomic E-state index is 0.101. The monoisotopic (exact) mass is 260 g/mol. The number of aromatic amines is 1. The van der Waals surface area contributed by atoms with Crippen molar-refractivity contribution in [2.45, 2.75) is 20.3 Å². The molecule has 0 saturated heterocycles. The third kappa shape index (κ3) is 3.13. The van der Waals surface area contributed by atoms with Crippen LogP contribution in [0.3, 0.4) is 0 Å². The molecule has 2 N–H and O–H groups in total. The molecule has 2 rings (SSSR count). The first-order chi connectivity index (χ1) is 9.10. The quantitative estimate of drug-likeness (QED) is 0.865. The van der Waals surface area contributed by atoms with Gasteiger partial charge in [-0.2, -0.15) is 0 Å². The number of ether oxygens (including phenoxy) is 1. The van der Waals surface area contributed by atoms with E-state index in [2.05, 4.69) is 9.97 Å². The lowest BCUT2D eigenvalue weighted by molar-refractivity contribution is -0.136. The molecular formula is C14H16N2O3. The first kappa shape index (κ1) is 13.1. The topological polar surface area (TPSA) is 75.2 Å². The van der Waals surface area contributed by atoms with E-state index in [4.69, 9.17) is 9.84 Å². The maximum atomic E-state index is 10.6. The number of aryl methyl sites for hydroxylation is 1. The van der Waals surface area contributed by atoms with Gasteiger partial charge < -0.3 is 14.8 Å². The van der Waals surface area contributed by atoms with Crippen molar-refractivity contribution in [3.8, 4) is 17.0 Å². The molecule has 2 aromatic rings. The number of aromatic nitrogens is 2. The van der Waals surface area contributed by atoms with Crippen LogP contribution in [0, 0.1) is 6.92 Å². The second-order valence-electron chi connectivity index (χ2n) is 4.23. The average Bonchev–Trinajstić information content (AvgIpc) is 2.79. The third-order valence-corrected chi connectivity index (χ3v) is 2.73. The maximum Gasteiger partial charge on any atom is 0.311 e. The molecule has 5 heteroatoms. The van der Waals surface area contributed by atoms with Crippen LogP contribution in [0.2, 0.25) is 0 Å². The Morgan fingerprint density at radius 1 is 1.47 bits per heavy atom. The molecule has 0 atom stereocenters. The van der Waals surface area contributed by atoms with Gasteiger partial charge in [0.15, 0.2) is 0 Å². The van der Waals surface area contributed by atoms with Gasteiger partial charge in [-0.05, 0) is 37.6 Å². The van der Waals surface area contributed by atoms with Gasteiger partial charge in [0.25, 0.3) is 0 Å². The fourth-order valence-electron chi connectivity index (χ4n) is 1.88. The molecule has 5 nitrogen and oxygen atoms in total. The number of carbonyl (C=O) groups is 1. The van der Waals surface area contributed by atoms with Crippen LogP contribution in [0.1, 0.15) is 18.3 Å². The Morgan fingerprint density at radius 3 is 2.89 bits per heavy atom. The van der Waals surface area contributed by atoms with Gasteiger partial charge in [0.1, 0.15) is 18.0 Å². The van der Waals surface area contributed by atoms with Gasteiger partial charge in [-0.25, -0.2) is 4.98 Å². The summed E-state index contributed by atoms with van der Waals surface area (Å²) in [7, 11) is 0. The van der Waals surface area contributed by atoms with Crippen molar-refractivity contribution in [3.05, 3.63) is 35.8 Å². The smallest absolute Gasteiger partial charge is 0.311 e. The molecule has 0 spiro atoms. The summed E-state index contributed by atoms with van der Waals surface area (Å²) >= 11 is 0. The molecular weight excluding hydrogens is 244 g/mol. The van der Waals surface area contributed by atoms with E-state index in [0.717, 1.165) is 22.6 Å². The number of nitrogens with one attached hydrogen (secondary N) is 1. The van der Waals surface area contributed by atoms with Crippen LogP contribution in [0.4, 0.5) is 0 Å². The van der Waals surface area contributed by atoms with Crippen LogP contribution >= 0.6 is 0 Å². The number of aliphatic carboxylic acids is 1. The third-order valence-electron chi connectivity index (χ3n) is 2.73. The number of H-pyrrole nitrogens is 1. The van der Waals surface area contributed by atoms with Crippen molar-refractivity contribution in [1.29, 1.82) is 0 Å². The fourth-order valence-corrected chi connectivity index (χ4v) is 1.88. The van der Waals surface area contributed by atoms with Gasteiger partial charge >= 0.3 is 5.97 Å². The van der Waals surface area contributed by atoms with E-state index in [0.29, 0.717) is 12.4 Å². The van der Waals surface area contributed by atoms with Crippen LogP contribution in [-0.4, -0.2) is 27.7 Å². The summed E-state index contributed by atoms with van der Waals surface area (Å²) in [5.74, 6) is 0.411. The molecule has 0 aliphatic rings. The standard InChI is InChI=1S/C14H16N2O3/c1-3-19-12-5-4-10(6-9(12)2)11-8-15-13(16-11)7-14(17)18/h4-6,8H,3,7H2,1-2H3,(H,15,16)(H,17,18). The summed E-state index contributed by atoms with van der Waals surface area (Å²) in [6.45, 7) is 4.55. The number of hydrogen-bond acceptors (Lipinski definition) is 3. The van der Waals surface area contributed by atoms with Crippen molar-refractivity contribution in [2.75, 3.05) is 6.61 Å². The molecule has 1 heterocycles. The minimum atomic E-state index is -0.899. The molecule has 0 unspecified atom stereocenters. The SMILES string of the molecule is CCOc1ccc(-c2cnc(CC(=O)O)[nH]2)cc1C. The van der Waals surface area contributed by atoms with Crippen molar-refractivity contribution < 1.29 is 14.6 Å². The zero-order valence-corrected chi connectivity index (χ0v) is 10.9. The summed E-state index contributed by atoms with van der Waals surface area (Å²) in [4.78, 5) is 17.7. The zero-order valence-electron chi connectivity index (χ0n) is 10.9. The van der Waals surface area contributed by atoms with E-state index >= 15 is 0 Å². The van der Waals surface area contributed by atoms with Gasteiger partial charge in [0, 0.05) is 5.56 Å². The molecule has 0 aliphatic heterocycles. The predicted molar refractivity (Wildman–Crippen MR) is 71.3 cm³/mol. The maximum absolute atomic E-state index is 10.6. The lowest BCUT2D eigenvalue weighted by Crippen LogP contribution is -2.01. The highest BCUT2D eigenvalue weighted by Gasteiger charge is 2.08. The fraction of sp³-hybridized carbons (Fsp3) is 0.286. The molecule has 0 amide bonds. The van der Waals surface area contributed by atoms with Crippen LogP contribution in [0.25, 0.3) is 11.3 Å². The lowest BCUT2D eigenvalue weighted by Gasteiger charge is -2.08. The highest BCUT2D eigenvalue weighted by molar-refractivity contribution is 5.69. The summed E-state index contributed by atoms with van der Waals surface area (Å²) in [6.07, 6.45) is 1.55. The number of carboxylic acid groups (broad SMARTS) is 1. The molecule has 0 radical (unpaired) electrons. The molecule has 100 valence electrons. The summed E-state index contributed by atoms with van der Waals surface area (Å²) < 4.78 is 5.48. The Bertz CT molecular complexity index is 590. The van der Waals surface area contributed by atoms with Crippen molar-refractivity contribution >= 4 is 5.97 Å². The summed E-state index contributed by atoms with van der Waals surface area (Å²) in [5.41, 5.74) is 2.81. The van der Waals surface area contributed by atoms with E-state index in [9.17, 15) is 4.79 Å². The van der Waals surface area contributed by atoms with E-state index in [1.807, 2.05) is 32.0 Å². The van der Waals surface area contributed by atoms with E-state index in [1.54, 1.807) is 6.20 Å². The van der Waals surface area contributed by atoms with Gasteiger partial charge in [0.2, 0.25) is 0 Å². The number of hydrogen-bond donors (Lipinski definition) is 2. The number of rotatable bonds is 5. The number of carboxylic acids is 1. The Balaban J connectivity index is 2.24. The first-order valence-electron chi connectivity index (χ1n) is 6.09. The van der Waals surface area contributed by atoms with Gasteiger partial charge in [-0.3, -0.25) is 4.79 Å². The summed E-state index contributed by atoms with van der Waals surface area (Å²) in [5, 5.41) is 8.71. The Morgan fingerprint density at radius 2 is 2.26 bits per heavy atom. The highest BCUT2D eigenvalue weighted by atomic mass is 16.5. The van der Waals surface area contributed by atoms with E-state index in [1.165, 1.54) is 0 Å². The Kier molecular flexibility index (Phi) is 3.85. The molecule has 19 heavy (non-hydrogen) atoms. The number of imidazole rings is 1. The molecule has 0 saturated carbocycles. The predicted octanol–water partition coefficient (Wildman–Crippen LogP) is 2.41. The molecule has 1 aromatic heterocycles. The van der Waals surface area contributed by atoms with Crippen molar-refractivity contribution in [2.24, 2.45) is 0 Å². The highest BCUT2D eigenvalue weighted by Crippen LogP contribution is 2.25. The van der Waals surface area contributed by atoms with Crippen molar-refractivity contribution in [3.63, 3.8) is 0 Å². The second-order valence-corrected chi connectivity index (χ2v) is 4.23. The van der Waals surface area contributed by atoms with E-state index < -0.39 is 5.97 Å². The number of nitrogens with zero attached hydrogens (tertiary/aromatic N) is 1. The van der Waals surface area contributed by atoms with Crippen LogP contribution < -0.4 is 4.74 Å². The normalized spacial score (nSPS) is 10.4. The van der Waals surface area contributed by atoms with Crippen LogP contribution in [0.15, 0.2) is 24.4 Å². The minimum Gasteiger partial charge on any atom is -0.494 e. The number of benzene rings is 1. The molecule has 0 bridgehead atoms. The first-order valence-corrected chi connectivity index (χ1v) is 6.09. The van der Waals surface area contributed by atoms with Crippen LogP contribution in [-0.2, 0) is 11.2 Å². The van der Waals surface area contributed by atoms with Gasteiger partial charge in [-0.15, -0.1) is 0 Å². The van der Waals surface area contributed by atoms with Gasteiger partial charge in [-0.1, -0.05) is 0 Å². The van der Waals surface area contributed by atoms with E-state index in [-0.39, 0.29) is 6.42 Å². The van der Waals surface area contributed by atoms with Crippen LogP contribution in [0.5, 0.6) is 5.75 Å². The zero-order chi connectivity index (χ0) is 13.8. The molecule has 0 aliphatic carbocycles.